The number of rotatable bonds is 0. The van der Waals surface area contributed by atoms with Crippen LogP contribution in [0.25, 0.3) is 0 Å². The Morgan fingerprint density at radius 2 is 2.33 bits per heavy atom. The zero-order valence-corrected chi connectivity index (χ0v) is 4.40. The van der Waals surface area contributed by atoms with Gasteiger partial charge in [0.05, 0.1) is 6.54 Å². The SMILES string of the molecule is O=C1NCC(O)C1(F)F. The van der Waals surface area contributed by atoms with E-state index in [0.717, 1.165) is 0 Å². The van der Waals surface area contributed by atoms with Crippen LogP contribution in [0.3, 0.4) is 0 Å². The number of carbonyl (C=O) groups excluding carboxylic acids is 1. The maximum atomic E-state index is 12.1. The van der Waals surface area contributed by atoms with Crippen molar-refractivity contribution in [3.8, 4) is 0 Å². The van der Waals surface area contributed by atoms with Crippen LogP contribution in [0.5, 0.6) is 0 Å². The molecule has 0 aromatic rings. The van der Waals surface area contributed by atoms with Gasteiger partial charge in [-0.1, -0.05) is 0 Å². The monoisotopic (exact) mass is 137 g/mol. The minimum atomic E-state index is -3.58. The van der Waals surface area contributed by atoms with E-state index < -0.39 is 17.9 Å². The third-order valence-electron chi connectivity index (χ3n) is 1.18. The number of nitrogens with one attached hydrogen (secondary N) is 1. The fourth-order valence-electron chi connectivity index (χ4n) is 0.587. The Hall–Kier alpha value is -0.710. The number of aliphatic hydroxyl groups is 1. The Morgan fingerprint density at radius 1 is 1.78 bits per heavy atom. The van der Waals surface area contributed by atoms with E-state index in [1.165, 1.54) is 0 Å². The van der Waals surface area contributed by atoms with Gasteiger partial charge in [0.1, 0.15) is 6.10 Å². The van der Waals surface area contributed by atoms with Crippen LogP contribution in [-0.4, -0.2) is 29.6 Å². The number of β-amino-alcohol motifs (C(OH)–C–C–N with tert-alkyl or cyclic N) is 1. The zero-order chi connectivity index (χ0) is 7.07. The van der Waals surface area contributed by atoms with Gasteiger partial charge >= 0.3 is 5.92 Å². The second-order valence-electron chi connectivity index (χ2n) is 1.85. The minimum Gasteiger partial charge on any atom is -0.384 e. The first-order valence-electron chi connectivity index (χ1n) is 2.39. The molecule has 1 saturated heterocycles. The zero-order valence-electron chi connectivity index (χ0n) is 4.40. The van der Waals surface area contributed by atoms with Crippen LogP contribution in [0.15, 0.2) is 0 Å². The number of amides is 1. The molecule has 2 N–H and O–H groups in total. The van der Waals surface area contributed by atoms with Gasteiger partial charge in [-0.15, -0.1) is 0 Å². The summed E-state index contributed by atoms with van der Waals surface area (Å²) in [6.45, 7) is -0.355. The molecule has 0 aromatic heterocycles. The van der Waals surface area contributed by atoms with Gasteiger partial charge in [-0.2, -0.15) is 8.78 Å². The Labute approximate surface area is 49.7 Å². The molecule has 1 fully saturated rings. The molecule has 0 spiro atoms. The first kappa shape index (κ1) is 6.41. The molecule has 1 amide bonds. The van der Waals surface area contributed by atoms with Crippen LogP contribution in [0, 0.1) is 0 Å². The van der Waals surface area contributed by atoms with Crippen molar-refractivity contribution in [2.45, 2.75) is 12.0 Å². The standard InChI is InChI=1S/C4H5F2NO2/c5-4(6)2(8)1-7-3(4)9/h2,8H,1H2,(H,7,9). The molecule has 0 saturated carbocycles. The summed E-state index contributed by atoms with van der Waals surface area (Å²) >= 11 is 0. The molecule has 1 aliphatic rings. The van der Waals surface area contributed by atoms with Crippen molar-refractivity contribution in [1.82, 2.24) is 5.32 Å². The summed E-state index contributed by atoms with van der Waals surface area (Å²) in [5.74, 6) is -4.98. The molecule has 3 nitrogen and oxygen atoms in total. The molecule has 0 aromatic carbocycles. The van der Waals surface area contributed by atoms with Gasteiger partial charge in [0, 0.05) is 0 Å². The first-order chi connectivity index (χ1) is 4.05. The molecule has 1 atom stereocenters. The number of hydrogen-bond acceptors (Lipinski definition) is 2. The van der Waals surface area contributed by atoms with E-state index >= 15 is 0 Å². The average molecular weight is 137 g/mol. The quantitative estimate of drug-likeness (QED) is 0.455. The Kier molecular flexibility index (Phi) is 1.16. The lowest BCUT2D eigenvalue weighted by Crippen LogP contribution is -2.35. The lowest BCUT2D eigenvalue weighted by molar-refractivity contribution is -0.149. The Balaban J connectivity index is 2.78. The van der Waals surface area contributed by atoms with Crippen LogP contribution in [0.4, 0.5) is 8.78 Å². The predicted molar refractivity (Wildman–Crippen MR) is 24.0 cm³/mol. The van der Waals surface area contributed by atoms with E-state index in [9.17, 15) is 13.6 Å². The molecule has 1 unspecified atom stereocenters. The molecule has 1 heterocycles. The fraction of sp³-hybridized carbons (Fsp3) is 0.750. The molecule has 5 heteroatoms. The molecule has 1 aliphatic heterocycles. The highest BCUT2D eigenvalue weighted by molar-refractivity contribution is 5.86. The largest absolute Gasteiger partial charge is 0.384 e. The third-order valence-corrected chi connectivity index (χ3v) is 1.18. The third kappa shape index (κ3) is 0.769. The van der Waals surface area contributed by atoms with Crippen molar-refractivity contribution in [2.75, 3.05) is 6.54 Å². The highest BCUT2D eigenvalue weighted by Gasteiger charge is 2.51. The highest BCUT2D eigenvalue weighted by atomic mass is 19.3. The Bertz CT molecular complexity index is 148. The number of aliphatic hydroxyl groups excluding tert-OH is 1. The molecule has 0 bridgehead atoms. The maximum absolute atomic E-state index is 12.1. The van der Waals surface area contributed by atoms with E-state index in [1.54, 1.807) is 0 Å². The van der Waals surface area contributed by atoms with Gasteiger partial charge in [-0.05, 0) is 0 Å². The summed E-state index contributed by atoms with van der Waals surface area (Å²) in [4.78, 5) is 10.1. The van der Waals surface area contributed by atoms with Gasteiger partial charge in [0.25, 0.3) is 5.91 Å². The average Bonchev–Trinajstić information content (AvgIpc) is 1.96. The summed E-state index contributed by atoms with van der Waals surface area (Å²) in [6.07, 6.45) is -1.86. The summed E-state index contributed by atoms with van der Waals surface area (Å²) in [5, 5.41) is 10.2. The predicted octanol–water partition coefficient (Wildman–Crippen LogP) is -0.888. The van der Waals surface area contributed by atoms with Crippen molar-refractivity contribution in [2.24, 2.45) is 0 Å². The van der Waals surface area contributed by atoms with Crippen molar-refractivity contribution in [3.05, 3.63) is 0 Å². The summed E-state index contributed by atoms with van der Waals surface area (Å²) in [7, 11) is 0. The van der Waals surface area contributed by atoms with E-state index in [2.05, 4.69) is 0 Å². The van der Waals surface area contributed by atoms with E-state index in [1.807, 2.05) is 5.32 Å². The molecular weight excluding hydrogens is 132 g/mol. The van der Waals surface area contributed by atoms with Gasteiger partial charge in [-0.25, -0.2) is 0 Å². The number of alkyl halides is 2. The van der Waals surface area contributed by atoms with E-state index in [-0.39, 0.29) is 6.54 Å². The van der Waals surface area contributed by atoms with Crippen LogP contribution in [0.2, 0.25) is 0 Å². The topological polar surface area (TPSA) is 49.3 Å². The summed E-state index contributed by atoms with van der Waals surface area (Å²) < 4.78 is 24.1. The first-order valence-corrected chi connectivity index (χ1v) is 2.39. The van der Waals surface area contributed by atoms with Crippen molar-refractivity contribution in [3.63, 3.8) is 0 Å². The number of halogens is 2. The van der Waals surface area contributed by atoms with Crippen LogP contribution >= 0.6 is 0 Å². The van der Waals surface area contributed by atoms with Gasteiger partial charge in [0.2, 0.25) is 0 Å². The Morgan fingerprint density at radius 3 is 2.44 bits per heavy atom. The van der Waals surface area contributed by atoms with Crippen molar-refractivity contribution >= 4 is 5.91 Å². The molecule has 9 heavy (non-hydrogen) atoms. The molecule has 0 radical (unpaired) electrons. The van der Waals surface area contributed by atoms with Crippen LogP contribution in [0.1, 0.15) is 0 Å². The van der Waals surface area contributed by atoms with Gasteiger partial charge in [0.15, 0.2) is 0 Å². The number of carbonyl (C=O) groups is 1. The molecule has 52 valence electrons. The molecule has 1 rings (SSSR count). The smallest absolute Gasteiger partial charge is 0.351 e. The normalized spacial score (nSPS) is 32.3. The minimum absolute atomic E-state index is 0.355. The van der Waals surface area contributed by atoms with Gasteiger partial charge in [-0.3, -0.25) is 4.79 Å². The fourth-order valence-corrected chi connectivity index (χ4v) is 0.587. The second kappa shape index (κ2) is 1.63. The second-order valence-corrected chi connectivity index (χ2v) is 1.85. The van der Waals surface area contributed by atoms with Crippen LogP contribution < -0.4 is 5.32 Å². The summed E-state index contributed by atoms with van der Waals surface area (Å²) in [6, 6.07) is 0. The lowest BCUT2D eigenvalue weighted by Gasteiger charge is -2.07. The lowest BCUT2D eigenvalue weighted by atomic mass is 10.2. The maximum Gasteiger partial charge on any atom is 0.351 e. The van der Waals surface area contributed by atoms with E-state index in [4.69, 9.17) is 5.11 Å². The van der Waals surface area contributed by atoms with Crippen molar-refractivity contribution < 1.29 is 18.7 Å². The number of hydrogen-bond donors (Lipinski definition) is 2. The van der Waals surface area contributed by atoms with Crippen LogP contribution in [-0.2, 0) is 4.79 Å². The van der Waals surface area contributed by atoms with Crippen molar-refractivity contribution in [1.29, 1.82) is 0 Å². The highest BCUT2D eigenvalue weighted by Crippen LogP contribution is 2.22. The van der Waals surface area contributed by atoms with E-state index in [0.29, 0.717) is 0 Å². The summed E-state index contributed by atoms with van der Waals surface area (Å²) in [5.41, 5.74) is 0. The van der Waals surface area contributed by atoms with Gasteiger partial charge < -0.3 is 10.4 Å². The molecular formula is C4H5F2NO2. The molecule has 0 aliphatic carbocycles.